The molecule has 1 aromatic rings. The molecule has 0 unspecified atom stereocenters. The van der Waals surface area contributed by atoms with E-state index in [1.807, 2.05) is 25.4 Å². The minimum absolute atomic E-state index is 0.319. The van der Waals surface area contributed by atoms with Crippen LogP contribution in [-0.4, -0.2) is 17.7 Å². The van der Waals surface area contributed by atoms with Crippen LogP contribution in [0, 0.1) is 13.8 Å². The molecule has 0 saturated heterocycles. The zero-order chi connectivity index (χ0) is 13.7. The molecule has 0 aliphatic rings. The average Bonchev–Trinajstić information content (AvgIpc) is 2.29. The molecule has 0 fully saturated rings. The Morgan fingerprint density at radius 1 is 1.22 bits per heavy atom. The van der Waals surface area contributed by atoms with E-state index >= 15 is 0 Å². The minimum atomic E-state index is -0.777. The van der Waals surface area contributed by atoms with Crippen LogP contribution < -0.4 is 5.48 Å². The SMILES string of the molecule is CC(=O)CC(=O)ONC(=O)c1cccc(C)c1C. The fourth-order valence-electron chi connectivity index (χ4n) is 1.39. The molecule has 1 rings (SSSR count). The minimum Gasteiger partial charge on any atom is -0.340 e. The van der Waals surface area contributed by atoms with Gasteiger partial charge in [-0.2, -0.15) is 5.48 Å². The van der Waals surface area contributed by atoms with Crippen LogP contribution >= 0.6 is 0 Å². The zero-order valence-corrected chi connectivity index (χ0v) is 10.6. The summed E-state index contributed by atoms with van der Waals surface area (Å²) in [6.07, 6.45) is -0.354. The third kappa shape index (κ3) is 3.69. The number of rotatable bonds is 3. The lowest BCUT2D eigenvalue weighted by molar-refractivity contribution is -0.150. The molecule has 1 aromatic carbocycles. The fourth-order valence-corrected chi connectivity index (χ4v) is 1.39. The van der Waals surface area contributed by atoms with Gasteiger partial charge in [-0.3, -0.25) is 9.59 Å². The summed E-state index contributed by atoms with van der Waals surface area (Å²) in [5.41, 5.74) is 4.25. The Morgan fingerprint density at radius 2 is 1.89 bits per heavy atom. The van der Waals surface area contributed by atoms with E-state index in [2.05, 4.69) is 4.84 Å². The quantitative estimate of drug-likeness (QED) is 0.650. The third-order valence-corrected chi connectivity index (χ3v) is 2.50. The number of hydroxylamine groups is 1. The molecule has 5 heteroatoms. The van der Waals surface area contributed by atoms with Crippen molar-refractivity contribution in [2.75, 3.05) is 0 Å². The summed E-state index contributed by atoms with van der Waals surface area (Å²) in [7, 11) is 0. The van der Waals surface area contributed by atoms with Gasteiger partial charge in [-0.15, -0.1) is 0 Å². The number of benzene rings is 1. The molecule has 0 heterocycles. The van der Waals surface area contributed by atoms with Crippen LogP contribution in [0.15, 0.2) is 18.2 Å². The second-order valence-electron chi connectivity index (χ2n) is 4.03. The van der Waals surface area contributed by atoms with Crippen LogP contribution in [0.5, 0.6) is 0 Å². The lowest BCUT2D eigenvalue weighted by atomic mass is 10.0. The van der Waals surface area contributed by atoms with Crippen LogP contribution in [0.4, 0.5) is 0 Å². The van der Waals surface area contributed by atoms with Gasteiger partial charge in [0.15, 0.2) is 0 Å². The second kappa shape index (κ2) is 5.95. The maximum atomic E-state index is 11.7. The predicted octanol–water partition coefficient (Wildman–Crippen LogP) is 1.47. The summed E-state index contributed by atoms with van der Waals surface area (Å²) in [6, 6.07) is 5.26. The normalized spacial score (nSPS) is 9.72. The molecular formula is C13H15NO4. The Kier molecular flexibility index (Phi) is 4.59. The first-order valence-electron chi connectivity index (χ1n) is 5.47. The summed E-state index contributed by atoms with van der Waals surface area (Å²) in [4.78, 5) is 38.0. The van der Waals surface area contributed by atoms with Gasteiger partial charge in [0.25, 0.3) is 5.91 Å². The van der Waals surface area contributed by atoms with Gasteiger partial charge in [0.05, 0.1) is 0 Å². The van der Waals surface area contributed by atoms with Gasteiger partial charge in [0.2, 0.25) is 0 Å². The number of Topliss-reactive ketones (excluding diaryl/α,β-unsaturated/α-hetero) is 1. The Bertz CT molecular complexity index is 494. The molecule has 1 N–H and O–H groups in total. The first-order valence-corrected chi connectivity index (χ1v) is 5.47. The van der Waals surface area contributed by atoms with Crippen molar-refractivity contribution in [3.63, 3.8) is 0 Å². The molecule has 0 radical (unpaired) electrons. The largest absolute Gasteiger partial charge is 0.340 e. The first-order chi connectivity index (χ1) is 8.41. The van der Waals surface area contributed by atoms with E-state index in [0.717, 1.165) is 11.1 Å². The van der Waals surface area contributed by atoms with Crippen molar-refractivity contribution >= 4 is 17.7 Å². The van der Waals surface area contributed by atoms with Crippen molar-refractivity contribution in [2.45, 2.75) is 27.2 Å². The molecular weight excluding hydrogens is 234 g/mol. The number of aryl methyl sites for hydroxylation is 1. The van der Waals surface area contributed by atoms with Crippen molar-refractivity contribution in [3.05, 3.63) is 34.9 Å². The fraction of sp³-hybridized carbons (Fsp3) is 0.308. The Labute approximate surface area is 105 Å². The van der Waals surface area contributed by atoms with Crippen LogP contribution in [0.1, 0.15) is 34.8 Å². The van der Waals surface area contributed by atoms with Gasteiger partial charge in [-0.1, -0.05) is 12.1 Å². The molecule has 0 saturated carbocycles. The van der Waals surface area contributed by atoms with Crippen molar-refractivity contribution in [3.8, 4) is 0 Å². The van der Waals surface area contributed by atoms with Crippen LogP contribution in [-0.2, 0) is 14.4 Å². The smallest absolute Gasteiger partial charge is 0.339 e. The predicted molar refractivity (Wildman–Crippen MR) is 64.8 cm³/mol. The highest BCUT2D eigenvalue weighted by Gasteiger charge is 2.13. The highest BCUT2D eigenvalue weighted by molar-refractivity contribution is 5.97. The van der Waals surface area contributed by atoms with Crippen molar-refractivity contribution in [2.24, 2.45) is 0 Å². The number of nitrogens with one attached hydrogen (secondary N) is 1. The van der Waals surface area contributed by atoms with E-state index in [1.54, 1.807) is 12.1 Å². The number of carbonyl (C=O) groups excluding carboxylic acids is 3. The van der Waals surface area contributed by atoms with Crippen LogP contribution in [0.3, 0.4) is 0 Å². The maximum Gasteiger partial charge on any atom is 0.339 e. The summed E-state index contributed by atoms with van der Waals surface area (Å²) in [5.74, 6) is -1.60. The van der Waals surface area contributed by atoms with E-state index in [1.165, 1.54) is 6.92 Å². The molecule has 0 spiro atoms. The second-order valence-corrected chi connectivity index (χ2v) is 4.03. The molecule has 0 aliphatic carbocycles. The van der Waals surface area contributed by atoms with E-state index in [9.17, 15) is 14.4 Å². The molecule has 96 valence electrons. The molecule has 0 aromatic heterocycles. The summed E-state index contributed by atoms with van der Waals surface area (Å²) < 4.78 is 0. The number of carbonyl (C=O) groups is 3. The van der Waals surface area contributed by atoms with Gasteiger partial charge in [0, 0.05) is 5.56 Å². The Balaban J connectivity index is 2.64. The van der Waals surface area contributed by atoms with E-state index in [-0.39, 0.29) is 12.2 Å². The Morgan fingerprint density at radius 3 is 2.50 bits per heavy atom. The van der Waals surface area contributed by atoms with Crippen molar-refractivity contribution in [1.29, 1.82) is 0 Å². The molecule has 0 aliphatic heterocycles. The molecule has 0 bridgehead atoms. The van der Waals surface area contributed by atoms with Gasteiger partial charge < -0.3 is 4.84 Å². The average molecular weight is 249 g/mol. The number of hydrogen-bond acceptors (Lipinski definition) is 4. The van der Waals surface area contributed by atoms with Crippen LogP contribution in [0.2, 0.25) is 0 Å². The molecule has 5 nitrogen and oxygen atoms in total. The van der Waals surface area contributed by atoms with Gasteiger partial charge in [-0.05, 0) is 38.0 Å². The molecule has 18 heavy (non-hydrogen) atoms. The van der Waals surface area contributed by atoms with E-state index in [0.29, 0.717) is 5.56 Å². The van der Waals surface area contributed by atoms with E-state index in [4.69, 9.17) is 0 Å². The first kappa shape index (κ1) is 13.9. The van der Waals surface area contributed by atoms with Gasteiger partial charge in [0.1, 0.15) is 12.2 Å². The monoisotopic (exact) mass is 249 g/mol. The zero-order valence-electron chi connectivity index (χ0n) is 10.6. The van der Waals surface area contributed by atoms with Gasteiger partial charge in [-0.25, -0.2) is 4.79 Å². The number of ketones is 1. The maximum absolute atomic E-state index is 11.7. The number of hydrogen-bond donors (Lipinski definition) is 1. The van der Waals surface area contributed by atoms with Crippen molar-refractivity contribution in [1.82, 2.24) is 5.48 Å². The Hall–Kier alpha value is -2.17. The highest BCUT2D eigenvalue weighted by Crippen LogP contribution is 2.12. The summed E-state index contributed by atoms with van der Waals surface area (Å²) in [5, 5.41) is 0. The summed E-state index contributed by atoms with van der Waals surface area (Å²) in [6.45, 7) is 4.96. The van der Waals surface area contributed by atoms with E-state index < -0.39 is 11.9 Å². The number of amides is 1. The lowest BCUT2D eigenvalue weighted by Gasteiger charge is -2.08. The van der Waals surface area contributed by atoms with Crippen molar-refractivity contribution < 1.29 is 19.2 Å². The molecule has 0 atom stereocenters. The lowest BCUT2D eigenvalue weighted by Crippen LogP contribution is -2.28. The molecule has 1 amide bonds. The van der Waals surface area contributed by atoms with Crippen LogP contribution in [0.25, 0.3) is 0 Å². The van der Waals surface area contributed by atoms with Gasteiger partial charge >= 0.3 is 5.97 Å². The highest BCUT2D eigenvalue weighted by atomic mass is 16.7. The third-order valence-electron chi connectivity index (χ3n) is 2.50. The standard InChI is InChI=1S/C13H15NO4/c1-8-5-4-6-11(10(8)3)13(17)14-18-12(16)7-9(2)15/h4-6H,7H2,1-3H3,(H,14,17). The summed E-state index contributed by atoms with van der Waals surface area (Å²) >= 11 is 0. The topological polar surface area (TPSA) is 72.5 Å².